The van der Waals surface area contributed by atoms with Crippen molar-refractivity contribution in [1.29, 1.82) is 5.26 Å². The highest BCUT2D eigenvalue weighted by molar-refractivity contribution is 7.92. The van der Waals surface area contributed by atoms with Gasteiger partial charge in [-0.15, -0.1) is 0 Å². The number of fused-ring (bicyclic) bond motifs is 1. The Morgan fingerprint density at radius 1 is 1.29 bits per heavy atom. The topological polar surface area (TPSA) is 153 Å². The van der Waals surface area contributed by atoms with Crippen molar-refractivity contribution < 1.29 is 13.2 Å². The van der Waals surface area contributed by atoms with Gasteiger partial charge in [0.05, 0.1) is 36.7 Å². The summed E-state index contributed by atoms with van der Waals surface area (Å²) in [5, 5.41) is 19.3. The first kappa shape index (κ1) is 25.2. The number of sulfonamides is 1. The van der Waals surface area contributed by atoms with Crippen LogP contribution in [0.2, 0.25) is 0 Å². The van der Waals surface area contributed by atoms with Crippen molar-refractivity contribution in [2.24, 2.45) is 5.92 Å². The Labute approximate surface area is 206 Å². The minimum absolute atomic E-state index is 0.132. The van der Waals surface area contributed by atoms with E-state index in [1.54, 1.807) is 10.6 Å². The fraction of sp³-hybridized carbons (Fsp3) is 0.652. The van der Waals surface area contributed by atoms with E-state index in [0.29, 0.717) is 36.5 Å². The van der Waals surface area contributed by atoms with Gasteiger partial charge in [-0.1, -0.05) is 32.1 Å². The molecule has 1 amide bonds. The van der Waals surface area contributed by atoms with E-state index < -0.39 is 21.6 Å². The predicted molar refractivity (Wildman–Crippen MR) is 133 cm³/mol. The van der Waals surface area contributed by atoms with Gasteiger partial charge in [-0.2, -0.15) is 5.26 Å². The summed E-state index contributed by atoms with van der Waals surface area (Å²) in [5.41, 5.74) is 0.0299. The predicted octanol–water partition coefficient (Wildman–Crippen LogP) is 2.00. The molecular formula is C23H34N8O3S. The molecule has 12 heteroatoms. The average Bonchev–Trinajstić information content (AvgIpc) is 3.23. The van der Waals surface area contributed by atoms with Gasteiger partial charge in [0.15, 0.2) is 5.82 Å². The molecule has 4 N–H and O–H groups in total. The zero-order chi connectivity index (χ0) is 24.9. The minimum Gasteiger partial charge on any atom is -0.357 e. The highest BCUT2D eigenvalue weighted by Crippen LogP contribution is 2.30. The first-order valence-electron chi connectivity index (χ1n) is 12.2. The number of hydrogen-bond acceptors (Lipinski definition) is 8. The molecule has 0 bridgehead atoms. The number of amides is 1. The van der Waals surface area contributed by atoms with Crippen molar-refractivity contribution in [3.05, 3.63) is 18.7 Å². The van der Waals surface area contributed by atoms with Crippen molar-refractivity contribution in [1.82, 2.24) is 25.0 Å². The molecule has 2 aromatic heterocycles. The smallest absolute Gasteiger partial charge is 0.243 e. The lowest BCUT2D eigenvalue weighted by atomic mass is 9.83. The first-order chi connectivity index (χ1) is 16.8. The SMILES string of the molecule is CS(=O)(=O)Nc1cncc2c(NC(CC3CCCCC3)C(=O)NC3(CC#N)CCNCC3)ncn12. The number of nitriles is 1. The van der Waals surface area contributed by atoms with Gasteiger partial charge in [0, 0.05) is 0 Å². The second-order valence-corrected chi connectivity index (χ2v) is 11.6. The number of piperidine rings is 1. The van der Waals surface area contributed by atoms with Crippen LogP contribution in [0, 0.1) is 17.2 Å². The van der Waals surface area contributed by atoms with E-state index in [1.165, 1.54) is 31.8 Å². The number of carbonyl (C=O) groups is 1. The van der Waals surface area contributed by atoms with Crippen LogP contribution in [-0.2, 0) is 14.8 Å². The van der Waals surface area contributed by atoms with E-state index in [0.717, 1.165) is 32.2 Å². The fourth-order valence-electron chi connectivity index (χ4n) is 5.19. The molecule has 11 nitrogen and oxygen atoms in total. The zero-order valence-corrected chi connectivity index (χ0v) is 20.9. The van der Waals surface area contributed by atoms with Crippen molar-refractivity contribution in [3.63, 3.8) is 0 Å². The number of rotatable bonds is 9. The molecule has 35 heavy (non-hydrogen) atoms. The van der Waals surface area contributed by atoms with Gasteiger partial charge in [-0.3, -0.25) is 18.9 Å². The lowest BCUT2D eigenvalue weighted by Gasteiger charge is -2.38. The van der Waals surface area contributed by atoms with Gasteiger partial charge in [-0.05, 0) is 38.3 Å². The lowest BCUT2D eigenvalue weighted by Crippen LogP contribution is -2.57. The van der Waals surface area contributed by atoms with Crippen molar-refractivity contribution in [3.8, 4) is 6.07 Å². The molecule has 4 rings (SSSR count). The fourth-order valence-corrected chi connectivity index (χ4v) is 5.73. The summed E-state index contributed by atoms with van der Waals surface area (Å²) in [6.07, 6.45) is 13.7. The van der Waals surface area contributed by atoms with Gasteiger partial charge < -0.3 is 16.0 Å². The van der Waals surface area contributed by atoms with E-state index in [1.807, 2.05) is 0 Å². The monoisotopic (exact) mass is 502 g/mol. The maximum absolute atomic E-state index is 13.6. The number of hydrogen-bond donors (Lipinski definition) is 4. The third-order valence-electron chi connectivity index (χ3n) is 7.04. The molecule has 0 radical (unpaired) electrons. The Kier molecular flexibility index (Phi) is 7.76. The quantitative estimate of drug-likeness (QED) is 0.406. The van der Waals surface area contributed by atoms with E-state index in [9.17, 15) is 18.5 Å². The average molecular weight is 503 g/mol. The van der Waals surface area contributed by atoms with Gasteiger partial charge in [0.2, 0.25) is 15.9 Å². The molecule has 2 aliphatic rings. The van der Waals surface area contributed by atoms with Crippen molar-refractivity contribution in [2.45, 2.75) is 69.4 Å². The van der Waals surface area contributed by atoms with Crippen LogP contribution in [0.5, 0.6) is 0 Å². The number of anilines is 2. The molecule has 3 heterocycles. The van der Waals surface area contributed by atoms with Gasteiger partial charge in [-0.25, -0.2) is 13.4 Å². The molecule has 1 unspecified atom stereocenters. The van der Waals surface area contributed by atoms with E-state index in [-0.39, 0.29) is 18.1 Å². The molecule has 2 aromatic rings. The highest BCUT2D eigenvalue weighted by atomic mass is 32.2. The van der Waals surface area contributed by atoms with Crippen LogP contribution in [0.15, 0.2) is 18.7 Å². The standard InChI is InChI=1S/C23H34N8O3S/c1-35(33,34)30-20-15-26-14-19-21(27-16-31(19)20)28-18(13-17-5-3-2-4-6-17)22(32)29-23(7-10-24)8-11-25-12-9-23/h14-18,25,28,30H,2-9,11-13H2,1H3,(H,29,32). The van der Waals surface area contributed by atoms with Gasteiger partial charge in [0.25, 0.3) is 0 Å². The Morgan fingerprint density at radius 3 is 2.71 bits per heavy atom. The van der Waals surface area contributed by atoms with Crippen LogP contribution in [0.4, 0.5) is 11.6 Å². The Balaban J connectivity index is 1.59. The van der Waals surface area contributed by atoms with E-state index in [2.05, 4.69) is 36.7 Å². The highest BCUT2D eigenvalue weighted by Gasteiger charge is 2.36. The van der Waals surface area contributed by atoms with Gasteiger partial charge >= 0.3 is 0 Å². The molecule has 1 aliphatic heterocycles. The molecule has 1 aliphatic carbocycles. The lowest BCUT2D eigenvalue weighted by molar-refractivity contribution is -0.124. The van der Waals surface area contributed by atoms with Crippen LogP contribution in [0.3, 0.4) is 0 Å². The summed E-state index contributed by atoms with van der Waals surface area (Å²) in [6.45, 7) is 1.52. The summed E-state index contributed by atoms with van der Waals surface area (Å²) < 4.78 is 27.5. The number of imidazole rings is 1. The zero-order valence-electron chi connectivity index (χ0n) is 20.1. The van der Waals surface area contributed by atoms with Crippen molar-refractivity contribution in [2.75, 3.05) is 29.4 Å². The number of nitrogens with one attached hydrogen (secondary N) is 4. The number of nitrogens with zero attached hydrogens (tertiary/aromatic N) is 4. The molecule has 0 spiro atoms. The van der Waals surface area contributed by atoms with Crippen LogP contribution in [-0.4, -0.2) is 59.6 Å². The second-order valence-electron chi connectivity index (χ2n) is 9.81. The summed E-state index contributed by atoms with van der Waals surface area (Å²) in [6, 6.07) is 1.72. The van der Waals surface area contributed by atoms with Gasteiger partial charge in [0.1, 0.15) is 23.7 Å². The van der Waals surface area contributed by atoms with Crippen LogP contribution >= 0.6 is 0 Å². The first-order valence-corrected chi connectivity index (χ1v) is 14.1. The molecular weight excluding hydrogens is 468 g/mol. The second kappa shape index (κ2) is 10.8. The largest absolute Gasteiger partial charge is 0.357 e. The summed E-state index contributed by atoms with van der Waals surface area (Å²) in [5.74, 6) is 1.03. The third-order valence-corrected chi connectivity index (χ3v) is 7.62. The molecule has 1 saturated carbocycles. The summed E-state index contributed by atoms with van der Waals surface area (Å²) >= 11 is 0. The Morgan fingerprint density at radius 2 is 2.03 bits per heavy atom. The maximum atomic E-state index is 13.6. The molecule has 1 saturated heterocycles. The number of carbonyl (C=O) groups excluding carboxylic acids is 1. The van der Waals surface area contributed by atoms with Crippen LogP contribution in [0.1, 0.15) is 57.8 Å². The Bertz CT molecular complexity index is 1180. The summed E-state index contributed by atoms with van der Waals surface area (Å²) in [4.78, 5) is 22.2. The molecule has 1 atom stereocenters. The summed E-state index contributed by atoms with van der Waals surface area (Å²) in [7, 11) is -3.50. The Hall–Kier alpha value is -2.91. The minimum atomic E-state index is -3.50. The van der Waals surface area contributed by atoms with Crippen molar-refractivity contribution >= 4 is 33.1 Å². The maximum Gasteiger partial charge on any atom is 0.243 e. The molecule has 2 fully saturated rings. The number of aromatic nitrogens is 3. The van der Waals surface area contributed by atoms with E-state index in [4.69, 9.17) is 0 Å². The van der Waals surface area contributed by atoms with Crippen LogP contribution in [0.25, 0.3) is 5.52 Å². The third kappa shape index (κ3) is 6.41. The van der Waals surface area contributed by atoms with E-state index >= 15 is 0 Å². The normalized spacial score (nSPS) is 19.5. The molecule has 0 aromatic carbocycles. The van der Waals surface area contributed by atoms with Crippen LogP contribution < -0.4 is 20.7 Å². The molecule has 190 valence electrons.